The molecular weight excluding hydrogens is 290 g/mol. The molecule has 0 aliphatic rings. The van der Waals surface area contributed by atoms with Crippen molar-refractivity contribution >= 4 is 11.0 Å². The number of halogens is 2. The van der Waals surface area contributed by atoms with Crippen LogP contribution in [0.1, 0.15) is 36.8 Å². The molecule has 0 bridgehead atoms. The maximum absolute atomic E-state index is 13.2. The Kier molecular flexibility index (Phi) is 3.48. The Morgan fingerprint density at radius 3 is 2.45 bits per heavy atom. The van der Waals surface area contributed by atoms with Gasteiger partial charge in [-0.15, -0.1) is 0 Å². The third kappa shape index (κ3) is 2.61. The van der Waals surface area contributed by atoms with Crippen molar-refractivity contribution in [1.29, 1.82) is 0 Å². The minimum Gasteiger partial charge on any atom is -0.308 e. The highest BCUT2D eigenvalue weighted by Crippen LogP contribution is 2.19. The van der Waals surface area contributed by atoms with Crippen molar-refractivity contribution in [2.24, 2.45) is 0 Å². The molecule has 0 amide bonds. The summed E-state index contributed by atoms with van der Waals surface area (Å²) in [5.74, 6) is -0.862. The van der Waals surface area contributed by atoms with Crippen LogP contribution < -0.4 is 5.56 Å². The molecular formula is C15H14F2N4O. The van der Waals surface area contributed by atoms with Crippen molar-refractivity contribution in [1.82, 2.24) is 20.2 Å². The molecule has 22 heavy (non-hydrogen) atoms. The smallest absolute Gasteiger partial charge is 0.279 e. The highest BCUT2D eigenvalue weighted by molar-refractivity contribution is 5.76. The van der Waals surface area contributed by atoms with E-state index in [-0.39, 0.29) is 23.4 Å². The third-order valence-electron chi connectivity index (χ3n) is 3.36. The van der Waals surface area contributed by atoms with Gasteiger partial charge in [0.05, 0.1) is 5.69 Å². The van der Waals surface area contributed by atoms with E-state index < -0.39 is 11.6 Å². The van der Waals surface area contributed by atoms with Crippen LogP contribution in [0.3, 0.4) is 0 Å². The molecule has 5 nitrogen and oxygen atoms in total. The van der Waals surface area contributed by atoms with Crippen molar-refractivity contribution in [3.05, 3.63) is 57.3 Å². The van der Waals surface area contributed by atoms with Crippen LogP contribution in [0.5, 0.6) is 0 Å². The fourth-order valence-corrected chi connectivity index (χ4v) is 2.37. The molecule has 3 aromatic rings. The van der Waals surface area contributed by atoms with E-state index in [4.69, 9.17) is 0 Å². The number of fused-ring (bicyclic) bond motifs is 1. The fourth-order valence-electron chi connectivity index (χ4n) is 2.37. The summed E-state index contributed by atoms with van der Waals surface area (Å²) < 4.78 is 26.5. The van der Waals surface area contributed by atoms with Crippen molar-refractivity contribution in [3.8, 4) is 0 Å². The molecule has 7 heteroatoms. The van der Waals surface area contributed by atoms with E-state index in [1.54, 1.807) is 0 Å². The molecule has 2 aromatic heterocycles. The largest absolute Gasteiger partial charge is 0.308 e. The zero-order valence-electron chi connectivity index (χ0n) is 12.1. The van der Waals surface area contributed by atoms with E-state index in [9.17, 15) is 13.6 Å². The molecule has 2 N–H and O–H groups in total. The van der Waals surface area contributed by atoms with E-state index in [0.29, 0.717) is 16.9 Å². The number of rotatable bonds is 3. The van der Waals surface area contributed by atoms with Crippen molar-refractivity contribution in [3.63, 3.8) is 0 Å². The fraction of sp³-hybridized carbons (Fsp3) is 0.267. The minimum absolute atomic E-state index is 0.124. The van der Waals surface area contributed by atoms with Gasteiger partial charge in [-0.25, -0.2) is 13.8 Å². The van der Waals surface area contributed by atoms with Gasteiger partial charge in [-0.3, -0.25) is 9.89 Å². The minimum atomic E-state index is -0.662. The molecule has 0 aliphatic heterocycles. The predicted octanol–water partition coefficient (Wildman–Crippen LogP) is 2.64. The van der Waals surface area contributed by atoms with E-state index in [1.165, 1.54) is 12.1 Å². The van der Waals surface area contributed by atoms with Crippen LogP contribution in [-0.2, 0) is 6.42 Å². The zero-order valence-corrected chi connectivity index (χ0v) is 12.1. The zero-order chi connectivity index (χ0) is 15.9. The second kappa shape index (κ2) is 5.32. The van der Waals surface area contributed by atoms with Gasteiger partial charge in [0.1, 0.15) is 23.0 Å². The summed E-state index contributed by atoms with van der Waals surface area (Å²) >= 11 is 0. The van der Waals surface area contributed by atoms with Crippen LogP contribution in [0.25, 0.3) is 11.0 Å². The topological polar surface area (TPSA) is 74.4 Å². The van der Waals surface area contributed by atoms with Gasteiger partial charge in [-0.1, -0.05) is 13.8 Å². The van der Waals surface area contributed by atoms with E-state index in [0.717, 1.165) is 11.8 Å². The maximum Gasteiger partial charge on any atom is 0.279 e. The number of benzene rings is 1. The first kappa shape index (κ1) is 14.4. The van der Waals surface area contributed by atoms with Crippen LogP contribution >= 0.6 is 0 Å². The maximum atomic E-state index is 13.2. The van der Waals surface area contributed by atoms with Gasteiger partial charge in [0.25, 0.3) is 5.56 Å². The average Bonchev–Trinajstić information content (AvgIpc) is 2.81. The summed E-state index contributed by atoms with van der Waals surface area (Å²) in [5, 5.41) is 6.78. The SMILES string of the molecule is CC(C)c1[nH]nc2c(=O)[nH]c(Cc3cc(F)cc(F)c3)nc12. The lowest BCUT2D eigenvalue weighted by Gasteiger charge is -2.04. The van der Waals surface area contributed by atoms with Gasteiger partial charge in [-0.2, -0.15) is 5.10 Å². The molecule has 0 atom stereocenters. The molecule has 2 heterocycles. The van der Waals surface area contributed by atoms with Crippen molar-refractivity contribution in [2.45, 2.75) is 26.2 Å². The molecule has 3 rings (SSSR count). The molecule has 0 fully saturated rings. The summed E-state index contributed by atoms with van der Waals surface area (Å²) in [4.78, 5) is 19.0. The summed E-state index contributed by atoms with van der Waals surface area (Å²) in [5.41, 5.74) is 1.51. The van der Waals surface area contributed by atoms with Crippen LogP contribution in [0.4, 0.5) is 8.78 Å². The first-order valence-corrected chi connectivity index (χ1v) is 6.86. The van der Waals surface area contributed by atoms with Crippen LogP contribution in [-0.4, -0.2) is 20.2 Å². The highest BCUT2D eigenvalue weighted by Gasteiger charge is 2.15. The van der Waals surface area contributed by atoms with Crippen LogP contribution in [0.15, 0.2) is 23.0 Å². The molecule has 0 spiro atoms. The second-order valence-corrected chi connectivity index (χ2v) is 5.46. The summed E-state index contributed by atoms with van der Waals surface area (Å²) in [6.45, 7) is 3.91. The van der Waals surface area contributed by atoms with Crippen LogP contribution in [0.2, 0.25) is 0 Å². The number of aromatic nitrogens is 4. The number of hydrogen-bond donors (Lipinski definition) is 2. The summed E-state index contributed by atoms with van der Waals surface area (Å²) in [7, 11) is 0. The quantitative estimate of drug-likeness (QED) is 0.781. The van der Waals surface area contributed by atoms with E-state index in [2.05, 4.69) is 20.2 Å². The number of hydrogen-bond acceptors (Lipinski definition) is 3. The lowest BCUT2D eigenvalue weighted by Crippen LogP contribution is -2.12. The lowest BCUT2D eigenvalue weighted by atomic mass is 10.1. The molecule has 0 saturated heterocycles. The molecule has 0 radical (unpaired) electrons. The first-order chi connectivity index (χ1) is 10.4. The summed E-state index contributed by atoms with van der Waals surface area (Å²) in [6.07, 6.45) is 0.128. The van der Waals surface area contributed by atoms with Gasteiger partial charge >= 0.3 is 0 Å². The van der Waals surface area contributed by atoms with Gasteiger partial charge in [0.15, 0.2) is 5.52 Å². The second-order valence-electron chi connectivity index (χ2n) is 5.46. The summed E-state index contributed by atoms with van der Waals surface area (Å²) in [6, 6.07) is 3.23. The molecule has 0 unspecified atom stereocenters. The first-order valence-electron chi connectivity index (χ1n) is 6.86. The van der Waals surface area contributed by atoms with E-state index >= 15 is 0 Å². The monoisotopic (exact) mass is 304 g/mol. The normalized spacial score (nSPS) is 11.5. The molecule has 0 saturated carbocycles. The predicted molar refractivity (Wildman–Crippen MR) is 77.8 cm³/mol. The molecule has 114 valence electrons. The Labute approximate surface area is 124 Å². The average molecular weight is 304 g/mol. The Morgan fingerprint density at radius 1 is 1.14 bits per heavy atom. The van der Waals surface area contributed by atoms with Crippen molar-refractivity contribution < 1.29 is 8.78 Å². The molecule has 1 aromatic carbocycles. The number of H-pyrrole nitrogens is 2. The third-order valence-corrected chi connectivity index (χ3v) is 3.36. The number of nitrogens with one attached hydrogen (secondary N) is 2. The standard InChI is InChI=1S/C15H14F2N4O/c1-7(2)12-13-14(21-20-12)15(22)19-11(18-13)5-8-3-9(16)6-10(17)4-8/h3-4,6-7H,5H2,1-2H3,(H,20,21)(H,18,19,22). The Balaban J connectivity index is 2.07. The molecule has 0 aliphatic carbocycles. The van der Waals surface area contributed by atoms with E-state index in [1.807, 2.05) is 13.8 Å². The van der Waals surface area contributed by atoms with Gasteiger partial charge in [-0.05, 0) is 23.6 Å². The van der Waals surface area contributed by atoms with Crippen LogP contribution in [0, 0.1) is 11.6 Å². The Hall–Kier alpha value is -2.57. The van der Waals surface area contributed by atoms with Gasteiger partial charge in [0.2, 0.25) is 0 Å². The lowest BCUT2D eigenvalue weighted by molar-refractivity contribution is 0.580. The Bertz CT molecular complexity index is 878. The highest BCUT2D eigenvalue weighted by atomic mass is 19.1. The number of aromatic amines is 2. The Morgan fingerprint density at radius 2 is 1.82 bits per heavy atom. The number of nitrogens with zero attached hydrogens (tertiary/aromatic N) is 2. The van der Waals surface area contributed by atoms with Gasteiger partial charge < -0.3 is 4.98 Å². The van der Waals surface area contributed by atoms with Crippen molar-refractivity contribution in [2.75, 3.05) is 0 Å². The van der Waals surface area contributed by atoms with Gasteiger partial charge in [0, 0.05) is 12.5 Å².